The molecule has 0 radical (unpaired) electrons. The molecule has 0 aliphatic carbocycles. The predicted octanol–water partition coefficient (Wildman–Crippen LogP) is 2.82. The molecule has 29 heavy (non-hydrogen) atoms. The molecule has 0 unspecified atom stereocenters. The van der Waals surface area contributed by atoms with Crippen LogP contribution in [0.5, 0.6) is 11.5 Å². The minimum absolute atomic E-state index is 0.0668. The van der Waals surface area contributed by atoms with Crippen LogP contribution in [0.3, 0.4) is 0 Å². The molecule has 1 atom stereocenters. The van der Waals surface area contributed by atoms with Crippen LogP contribution in [0.25, 0.3) is 0 Å². The van der Waals surface area contributed by atoms with E-state index in [9.17, 15) is 14.0 Å². The van der Waals surface area contributed by atoms with Gasteiger partial charge in [0.05, 0.1) is 17.5 Å². The van der Waals surface area contributed by atoms with E-state index in [1.807, 2.05) is 12.1 Å². The maximum atomic E-state index is 13.2. The van der Waals surface area contributed by atoms with Crippen LogP contribution in [-0.2, 0) is 16.1 Å². The molecule has 0 spiro atoms. The van der Waals surface area contributed by atoms with Gasteiger partial charge >= 0.3 is 0 Å². The Morgan fingerprint density at radius 1 is 1.24 bits per heavy atom. The topological polar surface area (TPSA) is 80.2 Å². The summed E-state index contributed by atoms with van der Waals surface area (Å²) in [5, 5.41) is 2.39. The minimum Gasteiger partial charge on any atom is -0.454 e. The number of rotatable bonds is 4. The number of aliphatic imine (C=N–C) groups is 1. The first-order valence-corrected chi connectivity index (χ1v) is 9.83. The highest BCUT2D eigenvalue weighted by molar-refractivity contribution is 8.15. The third kappa shape index (κ3) is 4.19. The van der Waals surface area contributed by atoms with Crippen molar-refractivity contribution in [2.45, 2.75) is 18.2 Å². The second-order valence-electron chi connectivity index (χ2n) is 6.46. The average molecular weight is 415 g/mol. The molecule has 2 heterocycles. The molecule has 0 bridgehead atoms. The van der Waals surface area contributed by atoms with E-state index < -0.39 is 5.25 Å². The molecule has 1 N–H and O–H groups in total. The molecule has 0 saturated carbocycles. The van der Waals surface area contributed by atoms with Gasteiger partial charge in [-0.25, -0.2) is 9.38 Å². The van der Waals surface area contributed by atoms with Crippen LogP contribution in [0.15, 0.2) is 47.5 Å². The van der Waals surface area contributed by atoms with Crippen LogP contribution >= 0.6 is 11.8 Å². The summed E-state index contributed by atoms with van der Waals surface area (Å²) in [6.07, 6.45) is 0.0668. The number of carbonyl (C=O) groups excluding carboxylic acids is 2. The molecule has 0 aromatic heterocycles. The molecule has 1 saturated heterocycles. The fourth-order valence-electron chi connectivity index (χ4n) is 3.01. The van der Waals surface area contributed by atoms with Crippen molar-refractivity contribution in [3.63, 3.8) is 0 Å². The van der Waals surface area contributed by atoms with Gasteiger partial charge in [-0.3, -0.25) is 14.5 Å². The van der Waals surface area contributed by atoms with E-state index in [4.69, 9.17) is 9.47 Å². The summed E-state index contributed by atoms with van der Waals surface area (Å²) in [7, 11) is 1.53. The monoisotopic (exact) mass is 415 g/mol. The van der Waals surface area contributed by atoms with E-state index >= 15 is 0 Å². The number of ether oxygens (including phenoxy) is 2. The molecule has 2 amide bonds. The van der Waals surface area contributed by atoms with Crippen LogP contribution < -0.4 is 14.8 Å². The zero-order valence-electron chi connectivity index (χ0n) is 15.6. The SMILES string of the molecule is CNC(=O)[C@H]1CC(=O)N(Cc2ccc3c(c2)OCO3)C(=Nc2ccc(F)cc2)S1. The summed E-state index contributed by atoms with van der Waals surface area (Å²) in [6, 6.07) is 11.1. The molecular weight excluding hydrogens is 397 g/mol. The van der Waals surface area contributed by atoms with Crippen molar-refractivity contribution in [1.29, 1.82) is 0 Å². The van der Waals surface area contributed by atoms with Gasteiger partial charge in [-0.2, -0.15) is 0 Å². The van der Waals surface area contributed by atoms with Crippen LogP contribution in [0.2, 0.25) is 0 Å². The second-order valence-corrected chi connectivity index (χ2v) is 7.63. The average Bonchev–Trinajstić information content (AvgIpc) is 3.19. The summed E-state index contributed by atoms with van der Waals surface area (Å²) < 4.78 is 23.9. The first kappa shape index (κ1) is 19.3. The van der Waals surface area contributed by atoms with Crippen molar-refractivity contribution in [3.05, 3.63) is 53.8 Å². The number of nitrogens with zero attached hydrogens (tertiary/aromatic N) is 2. The first-order valence-electron chi connectivity index (χ1n) is 8.95. The van der Waals surface area contributed by atoms with Crippen LogP contribution in [-0.4, -0.2) is 41.0 Å². The fourth-order valence-corrected chi connectivity index (χ4v) is 4.16. The lowest BCUT2D eigenvalue weighted by atomic mass is 10.1. The van der Waals surface area contributed by atoms with E-state index in [-0.39, 0.29) is 37.4 Å². The number of hydrogen-bond donors (Lipinski definition) is 1. The van der Waals surface area contributed by atoms with Crippen LogP contribution in [0.4, 0.5) is 10.1 Å². The highest BCUT2D eigenvalue weighted by atomic mass is 32.2. The lowest BCUT2D eigenvalue weighted by molar-refractivity contribution is -0.130. The Kier molecular flexibility index (Phi) is 5.39. The molecule has 4 rings (SSSR count). The maximum absolute atomic E-state index is 13.2. The summed E-state index contributed by atoms with van der Waals surface area (Å²) >= 11 is 1.21. The Bertz CT molecular complexity index is 980. The van der Waals surface area contributed by atoms with E-state index in [2.05, 4.69) is 10.3 Å². The Morgan fingerprint density at radius 3 is 2.76 bits per heavy atom. The summed E-state index contributed by atoms with van der Waals surface area (Å²) in [6.45, 7) is 0.436. The number of nitrogens with one attached hydrogen (secondary N) is 1. The highest BCUT2D eigenvalue weighted by Crippen LogP contribution is 2.34. The molecule has 2 aliphatic rings. The normalized spacial score (nSPS) is 19.5. The van der Waals surface area contributed by atoms with Crippen molar-refractivity contribution in [1.82, 2.24) is 10.2 Å². The van der Waals surface area contributed by atoms with Crippen molar-refractivity contribution < 1.29 is 23.5 Å². The molecule has 9 heteroatoms. The third-order valence-corrected chi connectivity index (χ3v) is 5.70. The van der Waals surface area contributed by atoms with Gasteiger partial charge in [0.25, 0.3) is 0 Å². The number of hydrogen-bond acceptors (Lipinski definition) is 6. The quantitative estimate of drug-likeness (QED) is 0.831. The van der Waals surface area contributed by atoms with Gasteiger partial charge in [-0.15, -0.1) is 0 Å². The Labute approximate surface area is 170 Å². The molecule has 2 aliphatic heterocycles. The van der Waals surface area contributed by atoms with E-state index in [0.717, 1.165) is 5.56 Å². The Hall–Kier alpha value is -3.07. The largest absolute Gasteiger partial charge is 0.454 e. The van der Waals surface area contributed by atoms with Gasteiger partial charge < -0.3 is 14.8 Å². The van der Waals surface area contributed by atoms with Crippen LogP contribution in [0, 0.1) is 5.82 Å². The van der Waals surface area contributed by atoms with Crippen molar-refractivity contribution in [3.8, 4) is 11.5 Å². The summed E-state index contributed by atoms with van der Waals surface area (Å²) in [5.41, 5.74) is 1.34. The number of halogens is 1. The number of carbonyl (C=O) groups is 2. The molecular formula is C20H18FN3O4S. The van der Waals surface area contributed by atoms with Gasteiger partial charge in [0.15, 0.2) is 16.7 Å². The molecule has 2 aromatic rings. The fraction of sp³-hybridized carbons (Fsp3) is 0.250. The van der Waals surface area contributed by atoms with Gasteiger partial charge in [0.1, 0.15) is 5.82 Å². The lowest BCUT2D eigenvalue weighted by Gasteiger charge is -2.31. The summed E-state index contributed by atoms with van der Waals surface area (Å²) in [5.74, 6) is 0.461. The number of amidine groups is 1. The van der Waals surface area contributed by atoms with E-state index in [0.29, 0.717) is 22.4 Å². The highest BCUT2D eigenvalue weighted by Gasteiger charge is 2.35. The first-order chi connectivity index (χ1) is 14.0. The Balaban J connectivity index is 1.64. The van der Waals surface area contributed by atoms with Gasteiger partial charge in [0.2, 0.25) is 18.6 Å². The molecule has 7 nitrogen and oxygen atoms in total. The number of fused-ring (bicyclic) bond motifs is 1. The lowest BCUT2D eigenvalue weighted by Crippen LogP contribution is -2.45. The third-order valence-electron chi connectivity index (χ3n) is 4.51. The Morgan fingerprint density at radius 2 is 2.00 bits per heavy atom. The van der Waals surface area contributed by atoms with Crippen molar-refractivity contribution in [2.75, 3.05) is 13.8 Å². The summed E-state index contributed by atoms with van der Waals surface area (Å²) in [4.78, 5) is 31.0. The predicted molar refractivity (Wildman–Crippen MR) is 107 cm³/mol. The molecule has 2 aromatic carbocycles. The second kappa shape index (κ2) is 8.12. The van der Waals surface area contributed by atoms with Gasteiger partial charge in [-0.05, 0) is 42.0 Å². The smallest absolute Gasteiger partial charge is 0.233 e. The van der Waals surface area contributed by atoms with Crippen molar-refractivity contribution in [2.24, 2.45) is 4.99 Å². The minimum atomic E-state index is -0.570. The zero-order chi connectivity index (χ0) is 20.4. The van der Waals surface area contributed by atoms with E-state index in [1.165, 1.54) is 48.0 Å². The van der Waals surface area contributed by atoms with E-state index in [1.54, 1.807) is 6.07 Å². The maximum Gasteiger partial charge on any atom is 0.233 e. The number of amides is 2. The standard InChI is InChI=1S/C20H18FN3O4S/c1-22-19(26)17-9-18(25)24(10-12-2-7-15-16(8-12)28-11-27-15)20(29-17)23-14-5-3-13(21)4-6-14/h2-8,17H,9-11H2,1H3,(H,22,26)/t17-/m1/s1. The van der Waals surface area contributed by atoms with Gasteiger partial charge in [0, 0.05) is 13.5 Å². The van der Waals surface area contributed by atoms with Crippen LogP contribution in [0.1, 0.15) is 12.0 Å². The van der Waals surface area contributed by atoms with Gasteiger partial charge in [-0.1, -0.05) is 17.8 Å². The molecule has 150 valence electrons. The zero-order valence-corrected chi connectivity index (χ0v) is 16.4. The number of thioether (sulfide) groups is 1. The molecule has 1 fully saturated rings. The van der Waals surface area contributed by atoms with Crippen molar-refractivity contribution >= 4 is 34.4 Å². The number of benzene rings is 2.